The van der Waals surface area contributed by atoms with Crippen LogP contribution in [0.15, 0.2) is 60.8 Å². The molecule has 0 fully saturated rings. The van der Waals surface area contributed by atoms with Crippen LogP contribution in [0.2, 0.25) is 0 Å². The van der Waals surface area contributed by atoms with Gasteiger partial charge in [0.2, 0.25) is 5.78 Å². The third-order valence-electron chi connectivity index (χ3n) is 4.21. The minimum absolute atomic E-state index is 0.112. The molecule has 28 heavy (non-hydrogen) atoms. The van der Waals surface area contributed by atoms with Crippen LogP contribution in [0, 0.1) is 5.82 Å². The van der Waals surface area contributed by atoms with Crippen molar-refractivity contribution < 1.29 is 18.7 Å². The normalized spacial score (nSPS) is 11.0. The molecule has 0 amide bonds. The van der Waals surface area contributed by atoms with E-state index in [0.29, 0.717) is 23.7 Å². The molecular weight excluding hydrogens is 359 g/mol. The number of aromatic nitrogens is 2. The summed E-state index contributed by atoms with van der Waals surface area (Å²) < 4.78 is 25.8. The van der Waals surface area contributed by atoms with Crippen molar-refractivity contribution in [3.63, 3.8) is 0 Å². The van der Waals surface area contributed by atoms with E-state index in [1.165, 1.54) is 18.2 Å². The zero-order chi connectivity index (χ0) is 19.9. The number of nitrogens with zero attached hydrogens (tertiary/aromatic N) is 2. The number of allylic oxidation sites excluding steroid dienone is 1. The molecule has 0 saturated carbocycles. The predicted octanol–water partition coefficient (Wildman–Crippen LogP) is 4.53. The summed E-state index contributed by atoms with van der Waals surface area (Å²) in [4.78, 5) is 12.4. The summed E-state index contributed by atoms with van der Waals surface area (Å²) in [5.74, 6) is 0.812. The van der Waals surface area contributed by atoms with Gasteiger partial charge in [-0.25, -0.2) is 4.39 Å². The van der Waals surface area contributed by atoms with E-state index < -0.39 is 0 Å². The van der Waals surface area contributed by atoms with Crippen molar-refractivity contribution in [1.29, 1.82) is 0 Å². The van der Waals surface area contributed by atoms with Gasteiger partial charge < -0.3 is 9.47 Å². The average molecular weight is 380 g/mol. The third kappa shape index (κ3) is 4.65. The number of methoxy groups -OCH3 is 1. The molecule has 0 bridgehead atoms. The van der Waals surface area contributed by atoms with Crippen molar-refractivity contribution in [2.75, 3.05) is 7.11 Å². The van der Waals surface area contributed by atoms with E-state index in [1.54, 1.807) is 42.3 Å². The Morgan fingerprint density at radius 1 is 1.18 bits per heavy atom. The summed E-state index contributed by atoms with van der Waals surface area (Å²) in [6, 6.07) is 13.1. The molecular formula is C22H21FN2O3. The first-order valence-corrected chi connectivity index (χ1v) is 8.90. The Labute approximate surface area is 163 Å². The highest BCUT2D eigenvalue weighted by atomic mass is 19.1. The molecule has 1 heterocycles. The minimum Gasteiger partial charge on any atom is -0.496 e. The SMILES string of the molecule is CCn1nccc1C(=O)/C=C/c1ccc(OC)c(COc2ccc(F)cc2)c1. The Bertz CT molecular complexity index is 978. The highest BCUT2D eigenvalue weighted by Gasteiger charge is 2.09. The first-order chi connectivity index (χ1) is 13.6. The number of rotatable bonds is 8. The Kier molecular flexibility index (Phi) is 6.22. The first-order valence-electron chi connectivity index (χ1n) is 8.90. The number of aryl methyl sites for hydroxylation is 1. The molecule has 0 N–H and O–H groups in total. The van der Waals surface area contributed by atoms with Gasteiger partial charge in [0.25, 0.3) is 0 Å². The molecule has 0 radical (unpaired) electrons. The van der Waals surface area contributed by atoms with Gasteiger partial charge >= 0.3 is 0 Å². The number of hydrogen-bond acceptors (Lipinski definition) is 4. The lowest BCUT2D eigenvalue weighted by Crippen LogP contribution is -2.07. The van der Waals surface area contributed by atoms with Gasteiger partial charge in [-0.3, -0.25) is 9.48 Å². The molecule has 2 aromatic carbocycles. The molecule has 3 aromatic rings. The van der Waals surface area contributed by atoms with Crippen molar-refractivity contribution >= 4 is 11.9 Å². The predicted molar refractivity (Wildman–Crippen MR) is 105 cm³/mol. The number of ketones is 1. The fraction of sp³-hybridized carbons (Fsp3) is 0.182. The number of halogens is 1. The maximum absolute atomic E-state index is 13.0. The second-order valence-corrected chi connectivity index (χ2v) is 6.04. The van der Waals surface area contributed by atoms with Crippen LogP contribution in [0.1, 0.15) is 28.5 Å². The molecule has 0 aliphatic heterocycles. The van der Waals surface area contributed by atoms with Crippen molar-refractivity contribution in [2.45, 2.75) is 20.1 Å². The Hall–Kier alpha value is -3.41. The lowest BCUT2D eigenvalue weighted by atomic mass is 10.1. The van der Waals surface area contributed by atoms with Gasteiger partial charge in [0, 0.05) is 18.3 Å². The summed E-state index contributed by atoms with van der Waals surface area (Å²) in [5, 5.41) is 4.11. The lowest BCUT2D eigenvalue weighted by Gasteiger charge is -2.11. The van der Waals surface area contributed by atoms with Gasteiger partial charge in [0.05, 0.1) is 7.11 Å². The molecule has 3 rings (SSSR count). The van der Waals surface area contributed by atoms with Gasteiger partial charge in [-0.05, 0) is 61.0 Å². The molecule has 0 unspecified atom stereocenters. The van der Waals surface area contributed by atoms with Crippen LogP contribution in [0.5, 0.6) is 11.5 Å². The van der Waals surface area contributed by atoms with Gasteiger partial charge in [0.1, 0.15) is 29.6 Å². The van der Waals surface area contributed by atoms with Gasteiger partial charge in [-0.1, -0.05) is 12.1 Å². The zero-order valence-corrected chi connectivity index (χ0v) is 15.8. The molecule has 1 aromatic heterocycles. The maximum atomic E-state index is 13.0. The second-order valence-electron chi connectivity index (χ2n) is 6.04. The molecule has 5 nitrogen and oxygen atoms in total. The average Bonchev–Trinajstić information content (AvgIpc) is 3.20. The van der Waals surface area contributed by atoms with Crippen molar-refractivity contribution in [3.8, 4) is 11.5 Å². The Morgan fingerprint density at radius 2 is 1.96 bits per heavy atom. The topological polar surface area (TPSA) is 53.4 Å². The number of carbonyl (C=O) groups is 1. The van der Waals surface area contributed by atoms with E-state index >= 15 is 0 Å². The zero-order valence-electron chi connectivity index (χ0n) is 15.8. The number of benzene rings is 2. The van der Waals surface area contributed by atoms with Crippen molar-refractivity contribution in [1.82, 2.24) is 9.78 Å². The lowest BCUT2D eigenvalue weighted by molar-refractivity contribution is 0.103. The standard InChI is InChI=1S/C22H21FN2O3/c1-3-25-20(12-13-24-25)21(26)10-4-16-5-11-22(27-2)17(14-16)15-28-19-8-6-18(23)7-9-19/h4-14H,3,15H2,1-2H3/b10-4+. The van der Waals surface area contributed by atoms with Crippen LogP contribution < -0.4 is 9.47 Å². The number of ether oxygens (including phenoxy) is 2. The molecule has 0 aliphatic rings. The highest BCUT2D eigenvalue weighted by molar-refractivity contribution is 6.05. The molecule has 0 saturated heterocycles. The molecule has 6 heteroatoms. The smallest absolute Gasteiger partial charge is 0.203 e. The molecule has 0 spiro atoms. The van der Waals surface area contributed by atoms with E-state index in [0.717, 1.165) is 11.1 Å². The summed E-state index contributed by atoms with van der Waals surface area (Å²) in [6.45, 7) is 2.83. The summed E-state index contributed by atoms with van der Waals surface area (Å²) in [6.07, 6.45) is 4.88. The molecule has 144 valence electrons. The minimum atomic E-state index is -0.314. The van der Waals surface area contributed by atoms with Crippen LogP contribution in [0.3, 0.4) is 0 Å². The van der Waals surface area contributed by atoms with Crippen molar-refractivity contribution in [2.24, 2.45) is 0 Å². The van der Waals surface area contributed by atoms with Crippen LogP contribution in [0.25, 0.3) is 6.08 Å². The first kappa shape index (κ1) is 19.4. The van der Waals surface area contributed by atoms with E-state index in [9.17, 15) is 9.18 Å². The van der Waals surface area contributed by atoms with E-state index in [1.807, 2.05) is 25.1 Å². The quantitative estimate of drug-likeness (QED) is 0.426. The summed E-state index contributed by atoms with van der Waals surface area (Å²) in [5.41, 5.74) is 2.21. The summed E-state index contributed by atoms with van der Waals surface area (Å²) in [7, 11) is 1.58. The van der Waals surface area contributed by atoms with E-state index in [-0.39, 0.29) is 18.2 Å². The van der Waals surface area contributed by atoms with Gasteiger partial charge in [-0.15, -0.1) is 0 Å². The molecule has 0 atom stereocenters. The second kappa shape index (κ2) is 8.99. The monoisotopic (exact) mass is 380 g/mol. The van der Waals surface area contributed by atoms with Gasteiger partial charge in [0.15, 0.2) is 0 Å². The number of carbonyl (C=O) groups excluding carboxylic acids is 1. The van der Waals surface area contributed by atoms with Gasteiger partial charge in [-0.2, -0.15) is 5.10 Å². The van der Waals surface area contributed by atoms with Crippen molar-refractivity contribution in [3.05, 3.63) is 83.4 Å². The van der Waals surface area contributed by atoms with Crippen LogP contribution in [-0.4, -0.2) is 22.7 Å². The largest absolute Gasteiger partial charge is 0.496 e. The van der Waals surface area contributed by atoms with Crippen LogP contribution in [0.4, 0.5) is 4.39 Å². The van der Waals surface area contributed by atoms with Crippen LogP contribution in [-0.2, 0) is 13.2 Å². The number of hydrogen-bond donors (Lipinski definition) is 0. The van der Waals surface area contributed by atoms with Crippen LogP contribution >= 0.6 is 0 Å². The van der Waals surface area contributed by atoms with E-state index in [2.05, 4.69) is 5.10 Å². The Balaban J connectivity index is 1.74. The fourth-order valence-electron chi connectivity index (χ4n) is 2.76. The summed E-state index contributed by atoms with van der Waals surface area (Å²) >= 11 is 0. The highest BCUT2D eigenvalue weighted by Crippen LogP contribution is 2.23. The Morgan fingerprint density at radius 3 is 2.68 bits per heavy atom. The van der Waals surface area contributed by atoms with E-state index in [4.69, 9.17) is 9.47 Å². The maximum Gasteiger partial charge on any atom is 0.203 e. The third-order valence-corrected chi connectivity index (χ3v) is 4.21. The molecule has 0 aliphatic carbocycles. The fourth-order valence-corrected chi connectivity index (χ4v) is 2.76.